The van der Waals surface area contributed by atoms with Gasteiger partial charge < -0.3 is 10.2 Å². The van der Waals surface area contributed by atoms with Crippen molar-refractivity contribution in [2.45, 2.75) is 25.9 Å². The number of halogens is 1. The molecule has 1 aliphatic heterocycles. The van der Waals surface area contributed by atoms with Crippen molar-refractivity contribution in [1.82, 2.24) is 10.2 Å². The largest absolute Gasteiger partial charge is 0.345 e. The second-order valence-electron chi connectivity index (χ2n) is 4.01. The fourth-order valence-electron chi connectivity index (χ4n) is 1.99. The van der Waals surface area contributed by atoms with Gasteiger partial charge >= 0.3 is 0 Å². The summed E-state index contributed by atoms with van der Waals surface area (Å²) in [6.07, 6.45) is 0. The molecule has 6 heteroatoms. The highest BCUT2D eigenvalue weighted by atomic mass is 35.5. The van der Waals surface area contributed by atoms with Crippen LogP contribution in [0.2, 0.25) is 4.34 Å². The van der Waals surface area contributed by atoms with Gasteiger partial charge in [-0.3, -0.25) is 9.59 Å². The van der Waals surface area contributed by atoms with E-state index >= 15 is 0 Å². The van der Waals surface area contributed by atoms with Gasteiger partial charge in [0, 0.05) is 4.88 Å². The third-order valence-corrected chi connectivity index (χ3v) is 4.32. The van der Waals surface area contributed by atoms with Crippen molar-refractivity contribution in [3.63, 3.8) is 0 Å². The summed E-state index contributed by atoms with van der Waals surface area (Å²) in [7, 11) is 0. The molecule has 2 atom stereocenters. The summed E-state index contributed by atoms with van der Waals surface area (Å²) in [5.74, 6) is -0.173. The van der Waals surface area contributed by atoms with E-state index in [2.05, 4.69) is 5.32 Å². The van der Waals surface area contributed by atoms with Crippen molar-refractivity contribution in [3.05, 3.63) is 21.3 Å². The lowest BCUT2D eigenvalue weighted by Gasteiger charge is -2.36. The summed E-state index contributed by atoms with van der Waals surface area (Å²) in [5, 5.41) is 2.57. The van der Waals surface area contributed by atoms with Crippen LogP contribution in [-0.2, 0) is 9.59 Å². The summed E-state index contributed by atoms with van der Waals surface area (Å²) in [4.78, 5) is 26.0. The average Bonchev–Trinajstić information content (AvgIpc) is 2.71. The lowest BCUT2D eigenvalue weighted by Crippen LogP contribution is -2.57. The first kappa shape index (κ1) is 12.4. The molecule has 1 aromatic heterocycles. The molecule has 0 spiro atoms. The SMILES string of the molecule is CC1C(=O)NCC(=O)N1C(C)c1ccc(Cl)s1. The number of carbonyl (C=O) groups excluding carboxylic acids is 2. The summed E-state index contributed by atoms with van der Waals surface area (Å²) < 4.78 is 0.688. The van der Waals surface area contributed by atoms with E-state index in [0.29, 0.717) is 4.34 Å². The van der Waals surface area contributed by atoms with E-state index in [1.807, 2.05) is 13.0 Å². The number of hydrogen-bond acceptors (Lipinski definition) is 3. The van der Waals surface area contributed by atoms with E-state index in [9.17, 15) is 9.59 Å². The van der Waals surface area contributed by atoms with Crippen molar-refractivity contribution < 1.29 is 9.59 Å². The Bertz CT molecular complexity index is 460. The van der Waals surface area contributed by atoms with Crippen LogP contribution < -0.4 is 5.32 Å². The van der Waals surface area contributed by atoms with Gasteiger partial charge in [0.15, 0.2) is 0 Å². The molecule has 2 amide bonds. The Labute approximate surface area is 109 Å². The molecule has 4 nitrogen and oxygen atoms in total. The van der Waals surface area contributed by atoms with Crippen molar-refractivity contribution in [2.75, 3.05) is 6.54 Å². The highest BCUT2D eigenvalue weighted by Crippen LogP contribution is 2.31. The number of rotatable bonds is 2. The van der Waals surface area contributed by atoms with E-state index < -0.39 is 6.04 Å². The van der Waals surface area contributed by atoms with E-state index in [4.69, 9.17) is 11.6 Å². The first-order valence-corrected chi connectivity index (χ1v) is 6.54. The van der Waals surface area contributed by atoms with Gasteiger partial charge in [-0.1, -0.05) is 11.6 Å². The molecule has 1 fully saturated rings. The number of carbonyl (C=O) groups is 2. The second kappa shape index (κ2) is 4.66. The van der Waals surface area contributed by atoms with Crippen molar-refractivity contribution in [1.29, 1.82) is 0 Å². The average molecular weight is 273 g/mol. The molecule has 0 radical (unpaired) electrons. The maximum absolute atomic E-state index is 11.9. The smallest absolute Gasteiger partial charge is 0.243 e. The van der Waals surface area contributed by atoms with Gasteiger partial charge in [0.1, 0.15) is 6.04 Å². The van der Waals surface area contributed by atoms with Crippen LogP contribution in [0.4, 0.5) is 0 Å². The highest BCUT2D eigenvalue weighted by Gasteiger charge is 2.35. The Morgan fingerprint density at radius 3 is 2.82 bits per heavy atom. The third kappa shape index (κ3) is 2.30. The van der Waals surface area contributed by atoms with Crippen LogP contribution in [0.25, 0.3) is 0 Å². The number of thiophene rings is 1. The number of nitrogens with one attached hydrogen (secondary N) is 1. The normalized spacial score (nSPS) is 22.5. The lowest BCUT2D eigenvalue weighted by atomic mass is 10.1. The Morgan fingerprint density at radius 1 is 1.53 bits per heavy atom. The van der Waals surface area contributed by atoms with Crippen LogP contribution >= 0.6 is 22.9 Å². The van der Waals surface area contributed by atoms with Gasteiger partial charge in [-0.05, 0) is 26.0 Å². The van der Waals surface area contributed by atoms with Crippen molar-refractivity contribution >= 4 is 34.8 Å². The minimum atomic E-state index is -0.438. The number of piperazine rings is 1. The Kier molecular flexibility index (Phi) is 3.40. The lowest BCUT2D eigenvalue weighted by molar-refractivity contribution is -0.147. The second-order valence-corrected chi connectivity index (χ2v) is 5.76. The predicted octanol–water partition coefficient (Wildman–Crippen LogP) is 1.81. The Balaban J connectivity index is 2.25. The monoisotopic (exact) mass is 272 g/mol. The van der Waals surface area contributed by atoms with Crippen LogP contribution in [0.3, 0.4) is 0 Å². The van der Waals surface area contributed by atoms with Crippen LogP contribution in [0.15, 0.2) is 12.1 Å². The van der Waals surface area contributed by atoms with Crippen LogP contribution in [0, 0.1) is 0 Å². The summed E-state index contributed by atoms with van der Waals surface area (Å²) >= 11 is 7.32. The Morgan fingerprint density at radius 2 is 2.24 bits per heavy atom. The zero-order valence-electron chi connectivity index (χ0n) is 9.57. The molecule has 0 saturated carbocycles. The van der Waals surface area contributed by atoms with E-state index in [0.717, 1.165) is 4.88 Å². The molecule has 1 N–H and O–H groups in total. The minimum absolute atomic E-state index is 0.0610. The van der Waals surface area contributed by atoms with Gasteiger partial charge in [0.25, 0.3) is 0 Å². The first-order chi connectivity index (χ1) is 8.00. The number of amides is 2. The van der Waals surface area contributed by atoms with Gasteiger partial charge in [-0.15, -0.1) is 11.3 Å². The van der Waals surface area contributed by atoms with Crippen LogP contribution in [0.5, 0.6) is 0 Å². The molecule has 1 saturated heterocycles. The third-order valence-electron chi connectivity index (χ3n) is 2.92. The molecular weight excluding hydrogens is 260 g/mol. The van der Waals surface area contributed by atoms with E-state index in [-0.39, 0.29) is 24.4 Å². The van der Waals surface area contributed by atoms with Gasteiger partial charge in [0.05, 0.1) is 16.9 Å². The van der Waals surface area contributed by atoms with Crippen LogP contribution in [-0.4, -0.2) is 29.3 Å². The molecule has 0 aliphatic carbocycles. The van der Waals surface area contributed by atoms with E-state index in [1.165, 1.54) is 11.3 Å². The fraction of sp³-hybridized carbons (Fsp3) is 0.455. The molecular formula is C11H13ClN2O2S. The van der Waals surface area contributed by atoms with Gasteiger partial charge in [0.2, 0.25) is 11.8 Å². The molecule has 2 rings (SSSR count). The maximum atomic E-state index is 11.9. The highest BCUT2D eigenvalue weighted by molar-refractivity contribution is 7.16. The minimum Gasteiger partial charge on any atom is -0.345 e. The molecule has 17 heavy (non-hydrogen) atoms. The quantitative estimate of drug-likeness (QED) is 0.893. The topological polar surface area (TPSA) is 49.4 Å². The molecule has 1 aliphatic rings. The fourth-order valence-corrected chi connectivity index (χ4v) is 3.10. The number of nitrogens with zero attached hydrogens (tertiary/aromatic N) is 1. The van der Waals surface area contributed by atoms with E-state index in [1.54, 1.807) is 17.9 Å². The summed E-state index contributed by atoms with van der Waals surface area (Å²) in [6, 6.07) is 3.13. The first-order valence-electron chi connectivity index (χ1n) is 5.35. The van der Waals surface area contributed by atoms with Crippen LogP contribution in [0.1, 0.15) is 24.8 Å². The Hall–Kier alpha value is -1.07. The van der Waals surface area contributed by atoms with Gasteiger partial charge in [-0.2, -0.15) is 0 Å². The van der Waals surface area contributed by atoms with Crippen molar-refractivity contribution in [2.24, 2.45) is 0 Å². The molecule has 0 bridgehead atoms. The van der Waals surface area contributed by atoms with Crippen molar-refractivity contribution in [3.8, 4) is 0 Å². The number of hydrogen-bond donors (Lipinski definition) is 1. The van der Waals surface area contributed by atoms with Gasteiger partial charge in [-0.25, -0.2) is 0 Å². The molecule has 0 aromatic carbocycles. The molecule has 2 heterocycles. The molecule has 92 valence electrons. The summed E-state index contributed by atoms with van der Waals surface area (Å²) in [5.41, 5.74) is 0. The standard InChI is InChI=1S/C11H13ClN2O2S/c1-6(8-3-4-9(12)17-8)14-7(2)11(16)13-5-10(14)15/h3-4,6-7H,5H2,1-2H3,(H,13,16). The zero-order valence-corrected chi connectivity index (χ0v) is 11.1. The zero-order chi connectivity index (χ0) is 12.6. The molecule has 1 aromatic rings. The summed E-state index contributed by atoms with van der Waals surface area (Å²) in [6.45, 7) is 3.72. The molecule has 2 unspecified atom stereocenters. The predicted molar refractivity (Wildman–Crippen MR) is 67.1 cm³/mol. The maximum Gasteiger partial charge on any atom is 0.243 e.